The molecule has 0 radical (unpaired) electrons. The second kappa shape index (κ2) is 16.6. The van der Waals surface area contributed by atoms with E-state index in [1.165, 1.54) is 23.9 Å². The Labute approximate surface area is 251 Å². The van der Waals surface area contributed by atoms with E-state index in [4.69, 9.17) is 5.48 Å². The van der Waals surface area contributed by atoms with Gasteiger partial charge in [-0.1, -0.05) is 18.2 Å². The number of hydrogen-bond donors (Lipinski definition) is 4. The number of H-pyrrole nitrogens is 1. The summed E-state index contributed by atoms with van der Waals surface area (Å²) >= 11 is 0. The molecule has 0 saturated carbocycles. The predicted molar refractivity (Wildman–Crippen MR) is 170 cm³/mol. The van der Waals surface area contributed by atoms with E-state index in [0.717, 1.165) is 22.2 Å². The third kappa shape index (κ3) is 13.1. The molecule has 11 nitrogen and oxygen atoms in total. The molecule has 0 unspecified atom stereocenters. The highest BCUT2D eigenvalue weighted by Gasteiger charge is 2.11. The molecule has 0 aliphatic heterocycles. The third-order valence-electron chi connectivity index (χ3n) is 5.69. The van der Waals surface area contributed by atoms with E-state index < -0.39 is 33.0 Å². The van der Waals surface area contributed by atoms with Gasteiger partial charge in [0.25, 0.3) is 0 Å². The van der Waals surface area contributed by atoms with Crippen LogP contribution in [0.1, 0.15) is 35.0 Å². The van der Waals surface area contributed by atoms with Gasteiger partial charge in [-0.15, -0.1) is 0 Å². The Morgan fingerprint density at radius 1 is 0.878 bits per heavy atom. The summed E-state index contributed by atoms with van der Waals surface area (Å²) in [6.07, 6.45) is 4.49. The van der Waals surface area contributed by atoms with Gasteiger partial charge in [0, 0.05) is 35.3 Å². The van der Waals surface area contributed by atoms with Crippen LogP contribution in [-0.4, -0.2) is 93.1 Å². The molecular formula is C28H45N7O4S2. The van der Waals surface area contributed by atoms with Crippen molar-refractivity contribution in [1.29, 1.82) is 0 Å². The number of nitrogens with zero attached hydrogens (tertiary/aromatic N) is 3. The molecule has 0 amide bonds. The molecule has 1 heterocycles. The summed E-state index contributed by atoms with van der Waals surface area (Å²) in [5.41, 5.74) is 6.63. The fourth-order valence-electron chi connectivity index (χ4n) is 3.50. The number of aromatic amines is 1. The quantitative estimate of drug-likeness (QED) is 0.153. The van der Waals surface area contributed by atoms with Crippen molar-refractivity contribution in [2.45, 2.75) is 30.8 Å². The van der Waals surface area contributed by atoms with E-state index in [2.05, 4.69) is 25.0 Å². The Bertz CT molecular complexity index is 1630. The van der Waals surface area contributed by atoms with Crippen molar-refractivity contribution >= 4 is 42.9 Å². The van der Waals surface area contributed by atoms with Crippen LogP contribution in [0, 0.1) is 0 Å². The van der Waals surface area contributed by atoms with Gasteiger partial charge < -0.3 is 14.8 Å². The second-order valence-electron chi connectivity index (χ2n) is 9.56. The fourth-order valence-corrected chi connectivity index (χ4v) is 5.04. The summed E-state index contributed by atoms with van der Waals surface area (Å²) in [4.78, 5) is 6.17. The molecule has 0 spiro atoms. The van der Waals surface area contributed by atoms with E-state index >= 15 is 0 Å². The monoisotopic (exact) mass is 611 g/mol. The maximum atomic E-state index is 11.7. The van der Waals surface area contributed by atoms with Gasteiger partial charge in [-0.05, 0) is 109 Å². The van der Waals surface area contributed by atoms with Crippen LogP contribution in [0.2, 0.25) is 0 Å². The summed E-state index contributed by atoms with van der Waals surface area (Å²) in [5, 5.41) is 4.89. The van der Waals surface area contributed by atoms with Gasteiger partial charge in [-0.3, -0.25) is 5.43 Å². The lowest BCUT2D eigenvalue weighted by Gasteiger charge is -2.08. The van der Waals surface area contributed by atoms with Crippen molar-refractivity contribution in [2.75, 3.05) is 60.7 Å². The van der Waals surface area contributed by atoms with Gasteiger partial charge in [0.1, 0.15) is 0 Å². The standard InChI is InChI=1S/C14H24N4O2S.C14H21N3O2S/c1-15-21(19,20)12-13-6-8-14(9-7-13)17-16-10-4-5-11-18(2)3;1-15-20(18,19)10-11-4-5-14-13(8-11)12(9-16-14)6-7-17(2)3/h6-10,15,17H,4-5,11-12H2,1-3H3;4-5,8-9,15-16H,6-7,10H2,1-3H3/b16-10+;/i11D2;7D2. The van der Waals surface area contributed by atoms with Crippen LogP contribution in [0.25, 0.3) is 10.9 Å². The summed E-state index contributed by atoms with van der Waals surface area (Å²) in [5.74, 6) is -0.155. The number of benzene rings is 2. The summed E-state index contributed by atoms with van der Waals surface area (Å²) in [6, 6.07) is 12.3. The lowest BCUT2D eigenvalue weighted by Crippen LogP contribution is -2.20. The first kappa shape index (κ1) is 28.3. The topological polar surface area (TPSA) is 139 Å². The van der Waals surface area contributed by atoms with E-state index in [1.807, 2.05) is 12.1 Å². The summed E-state index contributed by atoms with van der Waals surface area (Å²) in [6.45, 7) is -2.82. The van der Waals surface area contributed by atoms with Gasteiger partial charge in [0.15, 0.2) is 0 Å². The number of rotatable bonds is 15. The molecule has 3 aromatic rings. The molecule has 0 aliphatic rings. The van der Waals surface area contributed by atoms with Crippen LogP contribution in [0.5, 0.6) is 0 Å². The van der Waals surface area contributed by atoms with Gasteiger partial charge in [-0.2, -0.15) is 5.10 Å². The number of fused-ring (bicyclic) bond motifs is 1. The van der Waals surface area contributed by atoms with Crippen LogP contribution >= 0.6 is 0 Å². The van der Waals surface area contributed by atoms with E-state index in [0.29, 0.717) is 24.0 Å². The zero-order valence-electron chi connectivity index (χ0n) is 28.5. The molecule has 13 heteroatoms. The Hall–Kier alpha value is -2.81. The fraction of sp³-hybridized carbons (Fsp3) is 0.464. The highest BCUT2D eigenvalue weighted by atomic mass is 32.2. The number of likely N-dealkylation sites (N-methyl/N-ethyl adjacent to an activating group) is 1. The molecule has 0 bridgehead atoms. The number of anilines is 1. The maximum absolute atomic E-state index is 11.7. The van der Waals surface area contributed by atoms with Crippen molar-refractivity contribution < 1.29 is 22.3 Å². The minimum Gasteiger partial charge on any atom is -0.361 e. The highest BCUT2D eigenvalue weighted by Crippen LogP contribution is 2.21. The molecule has 4 N–H and O–H groups in total. The molecule has 0 atom stereocenters. The molecule has 41 heavy (non-hydrogen) atoms. The summed E-state index contributed by atoms with van der Waals surface area (Å²) in [7, 11) is 2.97. The van der Waals surface area contributed by atoms with Gasteiger partial charge >= 0.3 is 0 Å². The molecule has 228 valence electrons. The zero-order valence-corrected chi connectivity index (χ0v) is 26.2. The average molecular weight is 612 g/mol. The normalized spacial score (nSPS) is 14.4. The lowest BCUT2D eigenvalue weighted by molar-refractivity contribution is 0.404. The highest BCUT2D eigenvalue weighted by molar-refractivity contribution is 7.88. The molecule has 0 saturated heterocycles. The molecule has 0 fully saturated rings. The van der Waals surface area contributed by atoms with Crippen LogP contribution in [-0.2, 0) is 38.0 Å². The van der Waals surface area contributed by atoms with Gasteiger partial charge in [0.2, 0.25) is 20.0 Å². The van der Waals surface area contributed by atoms with E-state index in [9.17, 15) is 16.8 Å². The number of sulfonamides is 2. The molecule has 2 aromatic carbocycles. The van der Waals surface area contributed by atoms with Crippen molar-refractivity contribution in [2.24, 2.45) is 5.10 Å². The minimum absolute atomic E-state index is 0.0628. The van der Waals surface area contributed by atoms with E-state index in [1.54, 1.807) is 70.9 Å². The second-order valence-corrected chi connectivity index (χ2v) is 13.4. The van der Waals surface area contributed by atoms with Crippen molar-refractivity contribution in [3.05, 3.63) is 65.4 Å². The Morgan fingerprint density at radius 2 is 1.46 bits per heavy atom. The minimum atomic E-state index is -3.33. The largest absolute Gasteiger partial charge is 0.361 e. The average Bonchev–Trinajstić information content (AvgIpc) is 3.34. The number of hydrazone groups is 1. The van der Waals surface area contributed by atoms with Gasteiger partial charge in [-0.25, -0.2) is 26.3 Å². The first-order chi connectivity index (χ1) is 20.8. The Kier molecular flexibility index (Phi) is 11.5. The first-order valence-corrected chi connectivity index (χ1v) is 16.2. The number of aryl methyl sites for hydroxylation is 1. The summed E-state index contributed by atoms with van der Waals surface area (Å²) < 4.78 is 82.3. The number of hydrogen-bond acceptors (Lipinski definition) is 8. The Balaban J connectivity index is 0.000000314. The molecular weight excluding hydrogens is 562 g/mol. The number of nitrogens with one attached hydrogen (secondary N) is 4. The molecule has 0 aliphatic carbocycles. The van der Waals surface area contributed by atoms with Gasteiger partial charge in [0.05, 0.1) is 17.2 Å². The first-order valence-electron chi connectivity index (χ1n) is 14.9. The number of aromatic nitrogens is 1. The smallest absolute Gasteiger partial charge is 0.215 e. The molecule has 3 rings (SSSR count). The van der Waals surface area contributed by atoms with Crippen LogP contribution < -0.4 is 14.9 Å². The van der Waals surface area contributed by atoms with E-state index in [-0.39, 0.29) is 17.9 Å². The van der Waals surface area contributed by atoms with Crippen LogP contribution in [0.15, 0.2) is 53.8 Å². The zero-order chi connectivity index (χ0) is 34.1. The molecule has 1 aromatic heterocycles. The third-order valence-corrected chi connectivity index (χ3v) is 8.36. The maximum Gasteiger partial charge on any atom is 0.215 e. The van der Waals surface area contributed by atoms with Crippen molar-refractivity contribution in [3.63, 3.8) is 0 Å². The van der Waals surface area contributed by atoms with Crippen LogP contribution in [0.4, 0.5) is 5.69 Å². The van der Waals surface area contributed by atoms with Crippen molar-refractivity contribution in [3.8, 4) is 0 Å². The lowest BCUT2D eigenvalue weighted by atomic mass is 10.1. The predicted octanol–water partition coefficient (Wildman–Crippen LogP) is 2.80. The Morgan fingerprint density at radius 3 is 2.05 bits per heavy atom. The van der Waals surface area contributed by atoms with Crippen LogP contribution in [0.3, 0.4) is 0 Å². The van der Waals surface area contributed by atoms with Crippen molar-refractivity contribution in [1.82, 2.24) is 24.2 Å². The SMILES string of the molecule is [2H]C([2H])(CC/C=N/Nc1ccc(CS(=O)(=O)NC)cc1)N(C)C.[2H]C([2H])(Cc1c[nH]c2ccc(CS(=O)(=O)NC)cc12)N(C)C.